The molecular weight excluding hydrogens is 476 g/mol. The number of anilines is 1. The zero-order valence-electron chi connectivity index (χ0n) is 21.2. The second kappa shape index (κ2) is 8.88. The molecule has 10 nitrogen and oxygen atoms in total. The second-order valence-corrected chi connectivity index (χ2v) is 9.88. The fourth-order valence-corrected chi connectivity index (χ4v) is 6.07. The second-order valence-electron chi connectivity index (χ2n) is 9.88. The molecule has 194 valence electrons. The predicted octanol–water partition coefficient (Wildman–Crippen LogP) is 1.16. The number of imide groups is 1. The van der Waals surface area contributed by atoms with Gasteiger partial charge >= 0.3 is 0 Å². The van der Waals surface area contributed by atoms with E-state index in [4.69, 9.17) is 15.2 Å². The van der Waals surface area contributed by atoms with E-state index in [9.17, 15) is 19.2 Å². The van der Waals surface area contributed by atoms with Gasteiger partial charge in [-0.15, -0.1) is 0 Å². The summed E-state index contributed by atoms with van der Waals surface area (Å²) < 4.78 is 10.6. The van der Waals surface area contributed by atoms with Gasteiger partial charge in [-0.05, 0) is 49.1 Å². The first-order valence-electron chi connectivity index (χ1n) is 12.2. The monoisotopic (exact) mass is 506 g/mol. The number of amides is 4. The molecule has 0 aliphatic carbocycles. The number of hydrogen-bond donors (Lipinski definition) is 3. The van der Waals surface area contributed by atoms with Gasteiger partial charge in [0.25, 0.3) is 0 Å². The van der Waals surface area contributed by atoms with Crippen molar-refractivity contribution in [1.29, 1.82) is 0 Å². The molecule has 4 amide bonds. The lowest BCUT2D eigenvalue weighted by molar-refractivity contribution is -0.142. The number of methoxy groups -OCH3 is 2. The number of carbonyl (C=O) groups is 4. The Morgan fingerprint density at radius 1 is 1.05 bits per heavy atom. The van der Waals surface area contributed by atoms with Crippen LogP contribution in [0.3, 0.4) is 0 Å². The number of nitrogens with one attached hydrogen (secondary N) is 2. The van der Waals surface area contributed by atoms with E-state index in [0.29, 0.717) is 29.2 Å². The molecule has 0 saturated carbocycles. The highest BCUT2D eigenvalue weighted by atomic mass is 16.5. The molecule has 2 saturated heterocycles. The molecule has 4 N–H and O–H groups in total. The Hall–Kier alpha value is -3.92. The van der Waals surface area contributed by atoms with Crippen LogP contribution in [0.25, 0.3) is 0 Å². The summed E-state index contributed by atoms with van der Waals surface area (Å²) in [7, 11) is 3.08. The summed E-state index contributed by atoms with van der Waals surface area (Å²) in [6.07, 6.45) is 0.220. The van der Waals surface area contributed by atoms with E-state index in [1.807, 2.05) is 32.0 Å². The average Bonchev–Trinajstić information content (AvgIpc) is 3.44. The third-order valence-electron chi connectivity index (χ3n) is 8.01. The van der Waals surface area contributed by atoms with E-state index in [0.717, 1.165) is 16.7 Å². The minimum Gasteiger partial charge on any atom is -0.493 e. The molecule has 1 spiro atoms. The number of likely N-dealkylation sites (tertiary alicyclic amines) is 1. The first-order chi connectivity index (χ1) is 17.6. The maximum atomic E-state index is 13.9. The number of benzene rings is 2. The fraction of sp³-hybridized carbons (Fsp3) is 0.407. The molecule has 10 heteroatoms. The van der Waals surface area contributed by atoms with Gasteiger partial charge in [-0.3, -0.25) is 29.4 Å². The number of fused-ring (bicyclic) bond motifs is 4. The highest BCUT2D eigenvalue weighted by molar-refractivity contribution is 6.15. The zero-order valence-corrected chi connectivity index (χ0v) is 21.2. The molecule has 3 aliphatic rings. The van der Waals surface area contributed by atoms with Crippen molar-refractivity contribution in [3.05, 3.63) is 52.6 Å². The lowest BCUT2D eigenvalue weighted by Crippen LogP contribution is -2.53. The van der Waals surface area contributed by atoms with E-state index < -0.39 is 47.0 Å². The van der Waals surface area contributed by atoms with Crippen LogP contribution in [0.2, 0.25) is 0 Å². The van der Waals surface area contributed by atoms with E-state index in [2.05, 4.69) is 10.6 Å². The van der Waals surface area contributed by atoms with Crippen LogP contribution >= 0.6 is 0 Å². The Morgan fingerprint density at radius 3 is 2.46 bits per heavy atom. The van der Waals surface area contributed by atoms with Crippen molar-refractivity contribution in [3.63, 3.8) is 0 Å². The summed E-state index contributed by atoms with van der Waals surface area (Å²) in [6.45, 7) is 3.96. The van der Waals surface area contributed by atoms with E-state index in [-0.39, 0.29) is 13.0 Å². The predicted molar refractivity (Wildman–Crippen MR) is 134 cm³/mol. The van der Waals surface area contributed by atoms with Gasteiger partial charge in [0.1, 0.15) is 5.54 Å². The number of nitrogens with zero attached hydrogens (tertiary/aromatic N) is 1. The number of ether oxygens (including phenoxy) is 2. The average molecular weight is 507 g/mol. The minimum atomic E-state index is -1.45. The third kappa shape index (κ3) is 3.58. The van der Waals surface area contributed by atoms with Crippen LogP contribution < -0.4 is 25.8 Å². The highest BCUT2D eigenvalue weighted by Crippen LogP contribution is 2.54. The Morgan fingerprint density at radius 2 is 1.78 bits per heavy atom. The Balaban J connectivity index is 1.51. The molecule has 0 radical (unpaired) electrons. The van der Waals surface area contributed by atoms with Gasteiger partial charge in [0.2, 0.25) is 23.6 Å². The molecule has 0 unspecified atom stereocenters. The van der Waals surface area contributed by atoms with Crippen LogP contribution in [0.5, 0.6) is 11.5 Å². The van der Waals surface area contributed by atoms with Crippen LogP contribution in [-0.4, -0.2) is 55.3 Å². The number of rotatable bonds is 7. The van der Waals surface area contributed by atoms with Gasteiger partial charge in [0, 0.05) is 30.3 Å². The maximum Gasteiger partial charge on any atom is 0.250 e. The molecule has 3 aliphatic heterocycles. The normalized spacial score (nSPS) is 25.9. The highest BCUT2D eigenvalue weighted by Gasteiger charge is 2.70. The number of aryl methyl sites for hydroxylation is 1. The smallest absolute Gasteiger partial charge is 0.250 e. The molecule has 3 heterocycles. The summed E-state index contributed by atoms with van der Waals surface area (Å²) in [5, 5.41) is 6.16. The Labute approximate surface area is 214 Å². The van der Waals surface area contributed by atoms with Crippen molar-refractivity contribution in [2.24, 2.45) is 17.6 Å². The van der Waals surface area contributed by atoms with Gasteiger partial charge in [0.15, 0.2) is 11.5 Å². The van der Waals surface area contributed by atoms with Crippen molar-refractivity contribution in [2.45, 2.75) is 38.3 Å². The molecular formula is C27H30N4O6. The number of primary amides is 1. The van der Waals surface area contributed by atoms with E-state index in [1.165, 1.54) is 12.0 Å². The maximum absolute atomic E-state index is 13.9. The van der Waals surface area contributed by atoms with Gasteiger partial charge in [-0.1, -0.05) is 18.2 Å². The summed E-state index contributed by atoms with van der Waals surface area (Å²) in [5.41, 5.74) is 8.04. The standard InChI is InChI=1S/C27H30N4O6/c1-13-5-7-16-23(14(13)2)29-26(35)27(16)22-21(17(30-27)12-20(28)32)24(33)31(25(22)34)10-9-15-6-8-18(36-3)19(11-15)37-4/h5-8,11,17,21-22,30H,9-10,12H2,1-4H3,(H2,28,32)(H,29,35)/t17-,21-,22+,27+/m1/s1. The molecule has 5 rings (SSSR count). The van der Waals surface area contributed by atoms with E-state index >= 15 is 0 Å². The molecule has 2 fully saturated rings. The Kier molecular flexibility index (Phi) is 5.94. The molecule has 0 aromatic heterocycles. The van der Waals surface area contributed by atoms with Gasteiger partial charge in [-0.25, -0.2) is 0 Å². The number of nitrogens with two attached hydrogens (primary N) is 1. The lowest BCUT2D eigenvalue weighted by Gasteiger charge is -2.29. The van der Waals surface area contributed by atoms with Crippen molar-refractivity contribution in [2.75, 3.05) is 26.1 Å². The van der Waals surface area contributed by atoms with E-state index in [1.54, 1.807) is 19.2 Å². The summed E-state index contributed by atoms with van der Waals surface area (Å²) >= 11 is 0. The summed E-state index contributed by atoms with van der Waals surface area (Å²) in [6, 6.07) is 8.37. The molecule has 2 aromatic carbocycles. The first kappa shape index (κ1) is 24.8. The number of hydrogen-bond acceptors (Lipinski definition) is 7. The van der Waals surface area contributed by atoms with Crippen LogP contribution in [0.4, 0.5) is 5.69 Å². The van der Waals surface area contributed by atoms with Gasteiger partial charge in [-0.2, -0.15) is 0 Å². The van der Waals surface area contributed by atoms with Crippen LogP contribution in [0.1, 0.15) is 28.7 Å². The number of carbonyl (C=O) groups excluding carboxylic acids is 4. The van der Waals surface area contributed by atoms with Crippen molar-refractivity contribution in [3.8, 4) is 11.5 Å². The first-order valence-corrected chi connectivity index (χ1v) is 12.2. The lowest BCUT2D eigenvalue weighted by atomic mass is 9.76. The zero-order chi connectivity index (χ0) is 26.6. The SMILES string of the molecule is COc1ccc(CCN2C(=O)[C@H]3[C@@H](C2=O)[C@]2(N[C@@H]3CC(N)=O)C(=O)Nc3c2ccc(C)c3C)cc1OC. The molecule has 4 atom stereocenters. The van der Waals surface area contributed by atoms with Crippen LogP contribution in [-0.2, 0) is 31.1 Å². The van der Waals surface area contributed by atoms with Gasteiger partial charge in [0.05, 0.1) is 26.1 Å². The largest absolute Gasteiger partial charge is 0.493 e. The van der Waals surface area contributed by atoms with Crippen LogP contribution in [0.15, 0.2) is 30.3 Å². The van der Waals surface area contributed by atoms with Crippen molar-refractivity contribution < 1.29 is 28.7 Å². The molecule has 37 heavy (non-hydrogen) atoms. The topological polar surface area (TPSA) is 140 Å². The summed E-state index contributed by atoms with van der Waals surface area (Å²) in [4.78, 5) is 54.2. The molecule has 2 aromatic rings. The fourth-order valence-electron chi connectivity index (χ4n) is 6.07. The van der Waals surface area contributed by atoms with Crippen molar-refractivity contribution in [1.82, 2.24) is 10.2 Å². The Bertz CT molecular complexity index is 1340. The van der Waals surface area contributed by atoms with Crippen molar-refractivity contribution >= 4 is 29.3 Å². The van der Waals surface area contributed by atoms with Gasteiger partial charge < -0.3 is 20.5 Å². The quantitative estimate of drug-likeness (QED) is 0.479. The van der Waals surface area contributed by atoms with Crippen LogP contribution in [0, 0.1) is 25.7 Å². The third-order valence-corrected chi connectivity index (χ3v) is 8.01. The minimum absolute atomic E-state index is 0.126. The summed E-state index contributed by atoms with van der Waals surface area (Å²) in [5.74, 6) is -2.61. The molecule has 0 bridgehead atoms.